The molecule has 1 aromatic rings. The second kappa shape index (κ2) is 5.01. The molecule has 0 saturated heterocycles. The maximum Gasteiger partial charge on any atom is 0.422 e. The van der Waals surface area contributed by atoms with Crippen LogP contribution in [0, 0.1) is 5.82 Å². The van der Waals surface area contributed by atoms with Crippen LogP contribution in [0.25, 0.3) is 0 Å². The topological polar surface area (TPSA) is 21.3 Å². The minimum absolute atomic E-state index is 0.262. The summed E-state index contributed by atoms with van der Waals surface area (Å²) >= 11 is 0. The second-order valence-corrected chi connectivity index (χ2v) is 3.57. The van der Waals surface area contributed by atoms with Gasteiger partial charge in [0.05, 0.1) is 0 Å². The number of ether oxygens (including phenoxy) is 1. The molecule has 0 radical (unpaired) electrons. The lowest BCUT2D eigenvalue weighted by Crippen LogP contribution is -2.50. The number of hydrogen-bond acceptors (Lipinski definition) is 2. The van der Waals surface area contributed by atoms with Gasteiger partial charge in [-0.3, -0.25) is 0 Å². The highest BCUT2D eigenvalue weighted by atomic mass is 19.4. The molecule has 0 fully saturated rings. The average Bonchev–Trinajstić information content (AvgIpc) is 2.24. The van der Waals surface area contributed by atoms with Crippen LogP contribution in [-0.4, -0.2) is 26.9 Å². The first-order valence-corrected chi connectivity index (χ1v) is 4.90. The lowest BCUT2D eigenvalue weighted by Gasteiger charge is -2.34. The van der Waals surface area contributed by atoms with Crippen molar-refractivity contribution in [3.05, 3.63) is 35.6 Å². The van der Waals surface area contributed by atoms with Crippen molar-refractivity contribution in [3.8, 4) is 0 Å². The maximum absolute atomic E-state index is 13.1. The number of rotatable bonds is 4. The molecule has 0 saturated carbocycles. The van der Waals surface area contributed by atoms with Crippen LogP contribution in [-0.2, 0) is 10.3 Å². The van der Waals surface area contributed by atoms with Crippen LogP contribution in [0.2, 0.25) is 0 Å². The fourth-order valence-electron chi connectivity index (χ4n) is 1.66. The number of halogens is 4. The largest absolute Gasteiger partial charge is 0.422 e. The van der Waals surface area contributed by atoms with Gasteiger partial charge in [0.25, 0.3) is 0 Å². The van der Waals surface area contributed by atoms with Crippen molar-refractivity contribution >= 4 is 0 Å². The number of likely N-dealkylation sites (N-methyl/N-ethyl adjacent to an activating group) is 1. The molecule has 1 atom stereocenters. The van der Waals surface area contributed by atoms with Crippen LogP contribution in [0.3, 0.4) is 0 Å². The summed E-state index contributed by atoms with van der Waals surface area (Å²) in [6, 6.07) is 4.32. The molecule has 0 bridgehead atoms. The van der Waals surface area contributed by atoms with E-state index in [1.807, 2.05) is 0 Å². The first-order chi connectivity index (χ1) is 7.87. The summed E-state index contributed by atoms with van der Waals surface area (Å²) in [5.41, 5.74) is -2.80. The summed E-state index contributed by atoms with van der Waals surface area (Å²) in [6.45, 7) is -0.490. The van der Waals surface area contributed by atoms with Gasteiger partial charge in [-0.05, 0) is 24.7 Å². The Bertz CT molecular complexity index is 380. The predicted octanol–water partition coefficient (Wildman–Crippen LogP) is 2.45. The van der Waals surface area contributed by atoms with E-state index < -0.39 is 24.1 Å². The molecule has 1 unspecified atom stereocenters. The Morgan fingerprint density at radius 1 is 1.29 bits per heavy atom. The van der Waals surface area contributed by atoms with Crippen molar-refractivity contribution in [2.45, 2.75) is 11.8 Å². The Balaban J connectivity index is 3.32. The molecule has 1 rings (SSSR count). The highest BCUT2D eigenvalue weighted by Gasteiger charge is 2.56. The summed E-state index contributed by atoms with van der Waals surface area (Å²) in [5, 5.41) is 2.42. The van der Waals surface area contributed by atoms with Crippen molar-refractivity contribution in [1.29, 1.82) is 0 Å². The zero-order valence-corrected chi connectivity index (χ0v) is 9.44. The zero-order chi connectivity index (χ0) is 13.1. The van der Waals surface area contributed by atoms with Crippen molar-refractivity contribution in [2.24, 2.45) is 0 Å². The van der Waals surface area contributed by atoms with Crippen LogP contribution < -0.4 is 5.32 Å². The normalized spacial score (nSPS) is 15.6. The Hall–Kier alpha value is -1.14. The van der Waals surface area contributed by atoms with E-state index >= 15 is 0 Å². The molecule has 96 valence electrons. The van der Waals surface area contributed by atoms with Gasteiger partial charge in [-0.15, -0.1) is 0 Å². The molecule has 0 heterocycles. The molecule has 0 aromatic heterocycles. The van der Waals surface area contributed by atoms with Crippen LogP contribution in [0.4, 0.5) is 17.6 Å². The standard InChI is InChI=1S/C11H13F4NO/c1-16-7-10(17-2,11(13,14)15)8-4-3-5-9(12)6-8/h3-6,16H,7H2,1-2H3. The third-order valence-corrected chi connectivity index (χ3v) is 2.52. The van der Waals surface area contributed by atoms with Crippen molar-refractivity contribution < 1.29 is 22.3 Å². The number of hydrogen-bond donors (Lipinski definition) is 1. The highest BCUT2D eigenvalue weighted by molar-refractivity contribution is 5.26. The van der Waals surface area contributed by atoms with E-state index in [1.54, 1.807) is 0 Å². The molecular formula is C11H13F4NO. The molecule has 2 nitrogen and oxygen atoms in total. The lowest BCUT2D eigenvalue weighted by atomic mass is 9.92. The summed E-state index contributed by atoms with van der Waals surface area (Å²) < 4.78 is 56.9. The first-order valence-electron chi connectivity index (χ1n) is 4.90. The van der Waals surface area contributed by atoms with E-state index in [0.29, 0.717) is 0 Å². The van der Waals surface area contributed by atoms with E-state index in [-0.39, 0.29) is 5.56 Å². The monoisotopic (exact) mass is 251 g/mol. The molecule has 0 spiro atoms. The van der Waals surface area contributed by atoms with Crippen LogP contribution in [0.5, 0.6) is 0 Å². The molecule has 0 aliphatic carbocycles. The summed E-state index contributed by atoms with van der Waals surface area (Å²) in [5.74, 6) is -0.732. The minimum Gasteiger partial charge on any atom is -0.363 e. The first kappa shape index (κ1) is 13.9. The molecule has 1 N–H and O–H groups in total. The predicted molar refractivity (Wildman–Crippen MR) is 55.1 cm³/mol. The average molecular weight is 251 g/mol. The highest BCUT2D eigenvalue weighted by Crippen LogP contribution is 2.41. The van der Waals surface area contributed by atoms with Gasteiger partial charge in [-0.1, -0.05) is 12.1 Å². The Kier molecular flexibility index (Phi) is 4.11. The van der Waals surface area contributed by atoms with E-state index in [9.17, 15) is 17.6 Å². The molecular weight excluding hydrogens is 238 g/mol. The lowest BCUT2D eigenvalue weighted by molar-refractivity contribution is -0.274. The van der Waals surface area contributed by atoms with Crippen molar-refractivity contribution in [2.75, 3.05) is 20.7 Å². The SMILES string of the molecule is CNCC(OC)(c1cccc(F)c1)C(F)(F)F. The van der Waals surface area contributed by atoms with Gasteiger partial charge >= 0.3 is 6.18 Å². The molecule has 6 heteroatoms. The quantitative estimate of drug-likeness (QED) is 0.830. The number of benzene rings is 1. The van der Waals surface area contributed by atoms with Crippen molar-refractivity contribution in [1.82, 2.24) is 5.32 Å². The van der Waals surface area contributed by atoms with Crippen LogP contribution >= 0.6 is 0 Å². The minimum atomic E-state index is -4.64. The summed E-state index contributed by atoms with van der Waals surface area (Å²) in [4.78, 5) is 0. The molecule has 0 amide bonds. The Labute approximate surface area is 96.6 Å². The van der Waals surface area contributed by atoms with Gasteiger partial charge in [-0.25, -0.2) is 4.39 Å². The fraction of sp³-hybridized carbons (Fsp3) is 0.455. The van der Waals surface area contributed by atoms with Crippen LogP contribution in [0.1, 0.15) is 5.56 Å². The van der Waals surface area contributed by atoms with E-state index in [2.05, 4.69) is 10.1 Å². The van der Waals surface area contributed by atoms with Gasteiger partial charge in [0.1, 0.15) is 5.82 Å². The third-order valence-electron chi connectivity index (χ3n) is 2.52. The number of nitrogens with one attached hydrogen (secondary N) is 1. The van der Waals surface area contributed by atoms with Gasteiger partial charge in [0.15, 0.2) is 0 Å². The van der Waals surface area contributed by atoms with E-state index in [1.165, 1.54) is 19.2 Å². The molecule has 1 aromatic carbocycles. The number of alkyl halides is 3. The van der Waals surface area contributed by atoms with Gasteiger partial charge < -0.3 is 10.1 Å². The Morgan fingerprint density at radius 2 is 1.94 bits per heavy atom. The smallest absolute Gasteiger partial charge is 0.363 e. The third kappa shape index (κ3) is 2.58. The van der Waals surface area contributed by atoms with Crippen molar-refractivity contribution in [3.63, 3.8) is 0 Å². The maximum atomic E-state index is 13.1. The molecule has 0 aliphatic rings. The summed E-state index contributed by atoms with van der Waals surface area (Å²) in [7, 11) is 2.33. The fourth-order valence-corrected chi connectivity index (χ4v) is 1.66. The van der Waals surface area contributed by atoms with Crippen LogP contribution in [0.15, 0.2) is 24.3 Å². The van der Waals surface area contributed by atoms with E-state index in [0.717, 1.165) is 19.2 Å². The van der Waals surface area contributed by atoms with Gasteiger partial charge in [0.2, 0.25) is 5.60 Å². The Morgan fingerprint density at radius 3 is 2.35 bits per heavy atom. The molecule has 0 aliphatic heterocycles. The number of methoxy groups -OCH3 is 1. The van der Waals surface area contributed by atoms with Gasteiger partial charge in [0, 0.05) is 13.7 Å². The summed E-state index contributed by atoms with van der Waals surface area (Å²) in [6.07, 6.45) is -4.64. The molecule has 17 heavy (non-hydrogen) atoms. The zero-order valence-electron chi connectivity index (χ0n) is 9.44. The van der Waals surface area contributed by atoms with Gasteiger partial charge in [-0.2, -0.15) is 13.2 Å². The second-order valence-electron chi connectivity index (χ2n) is 3.57. The van der Waals surface area contributed by atoms with E-state index in [4.69, 9.17) is 0 Å².